The van der Waals surface area contributed by atoms with Crippen molar-refractivity contribution < 1.29 is 9.18 Å². The molecule has 0 bridgehead atoms. The second-order valence-electron chi connectivity index (χ2n) is 4.58. The molecule has 1 aromatic carbocycles. The Morgan fingerprint density at radius 1 is 1.25 bits per heavy atom. The Bertz CT molecular complexity index is 601. The first-order valence-corrected chi connectivity index (χ1v) is 6.30. The number of carbonyl (C=O) groups is 1. The molecule has 0 fully saturated rings. The number of hydrogen-bond donors (Lipinski definition) is 2. The molecule has 0 radical (unpaired) electrons. The zero-order chi connectivity index (χ0) is 14.5. The summed E-state index contributed by atoms with van der Waals surface area (Å²) in [6.07, 6.45) is 3.32. The van der Waals surface area contributed by atoms with E-state index in [0.29, 0.717) is 0 Å². The lowest BCUT2D eigenvalue weighted by Gasteiger charge is -2.15. The van der Waals surface area contributed by atoms with Crippen LogP contribution in [-0.4, -0.2) is 11.0 Å². The Hall–Kier alpha value is -2.43. The second kappa shape index (κ2) is 6.14. The van der Waals surface area contributed by atoms with E-state index < -0.39 is 11.8 Å². The maximum Gasteiger partial charge on any atom is 0.319 e. The molecule has 0 saturated heterocycles. The van der Waals surface area contributed by atoms with Gasteiger partial charge in [-0.1, -0.05) is 6.07 Å². The van der Waals surface area contributed by atoms with Crippen molar-refractivity contribution in [3.63, 3.8) is 0 Å². The highest BCUT2D eigenvalue weighted by Gasteiger charge is 2.11. The smallest absolute Gasteiger partial charge is 0.319 e. The van der Waals surface area contributed by atoms with Crippen LogP contribution >= 0.6 is 0 Å². The molecule has 0 aliphatic heterocycles. The summed E-state index contributed by atoms with van der Waals surface area (Å²) in [7, 11) is 0. The number of nitrogens with zero attached hydrogens (tertiary/aromatic N) is 1. The Morgan fingerprint density at radius 3 is 2.60 bits per heavy atom. The zero-order valence-electron chi connectivity index (χ0n) is 11.4. The highest BCUT2D eigenvalue weighted by molar-refractivity contribution is 5.89. The van der Waals surface area contributed by atoms with Crippen molar-refractivity contribution in [3.05, 3.63) is 59.7 Å². The summed E-state index contributed by atoms with van der Waals surface area (Å²) in [5.74, 6) is -0.447. The van der Waals surface area contributed by atoms with Crippen molar-refractivity contribution in [2.75, 3.05) is 5.32 Å². The van der Waals surface area contributed by atoms with E-state index in [1.807, 2.05) is 19.1 Å². The average molecular weight is 273 g/mol. The average Bonchev–Trinajstić information content (AvgIpc) is 2.43. The third kappa shape index (κ3) is 3.54. The fraction of sp³-hybridized carbons (Fsp3) is 0.200. The topological polar surface area (TPSA) is 54.0 Å². The number of nitrogens with one attached hydrogen (secondary N) is 2. The maximum absolute atomic E-state index is 13.6. The number of aryl methyl sites for hydroxylation is 1. The first kappa shape index (κ1) is 14.0. The minimum atomic E-state index is -0.447. The molecule has 1 aromatic heterocycles. The first-order valence-electron chi connectivity index (χ1n) is 6.30. The minimum Gasteiger partial charge on any atom is -0.331 e. The molecule has 4 nitrogen and oxygen atoms in total. The van der Waals surface area contributed by atoms with Gasteiger partial charge >= 0.3 is 6.03 Å². The maximum atomic E-state index is 13.6. The number of halogens is 1. The predicted molar refractivity (Wildman–Crippen MR) is 75.9 cm³/mol. The molecule has 1 heterocycles. The lowest BCUT2D eigenvalue weighted by atomic mass is 10.1. The molecule has 0 aliphatic rings. The molecule has 2 amide bonds. The van der Waals surface area contributed by atoms with Gasteiger partial charge in [-0.25, -0.2) is 9.18 Å². The van der Waals surface area contributed by atoms with Crippen LogP contribution in [0.1, 0.15) is 24.1 Å². The molecule has 2 N–H and O–H groups in total. The molecule has 0 aliphatic carbocycles. The quantitative estimate of drug-likeness (QED) is 0.900. The van der Waals surface area contributed by atoms with Crippen LogP contribution in [-0.2, 0) is 0 Å². The standard InChI is InChI=1S/C15H16FN3O/c1-10-3-4-14(13(16)9-10)19-15(20)18-11(2)12-5-7-17-8-6-12/h3-9,11H,1-2H3,(H2,18,19,20)/t11-/m0/s1. The van der Waals surface area contributed by atoms with Gasteiger partial charge in [-0.05, 0) is 49.2 Å². The normalized spacial score (nSPS) is 11.8. The molecule has 5 heteroatoms. The number of benzene rings is 1. The molecule has 0 spiro atoms. The van der Waals surface area contributed by atoms with E-state index in [1.54, 1.807) is 31.5 Å². The number of anilines is 1. The van der Waals surface area contributed by atoms with Crippen LogP contribution in [0.5, 0.6) is 0 Å². The van der Waals surface area contributed by atoms with Crippen molar-refractivity contribution >= 4 is 11.7 Å². The Balaban J connectivity index is 1.99. The number of rotatable bonds is 3. The van der Waals surface area contributed by atoms with Gasteiger partial charge in [0.05, 0.1) is 11.7 Å². The summed E-state index contributed by atoms with van der Waals surface area (Å²) in [4.78, 5) is 15.7. The third-order valence-electron chi connectivity index (χ3n) is 2.93. The Labute approximate surface area is 117 Å². The molecule has 1 atom stereocenters. The van der Waals surface area contributed by atoms with Gasteiger partial charge < -0.3 is 10.6 Å². The van der Waals surface area contributed by atoms with Gasteiger partial charge in [0.25, 0.3) is 0 Å². The summed E-state index contributed by atoms with van der Waals surface area (Å²) in [5.41, 5.74) is 1.90. The zero-order valence-corrected chi connectivity index (χ0v) is 11.4. The van der Waals surface area contributed by atoms with E-state index in [0.717, 1.165) is 11.1 Å². The monoisotopic (exact) mass is 273 g/mol. The lowest BCUT2D eigenvalue weighted by molar-refractivity contribution is 0.249. The molecular weight excluding hydrogens is 257 g/mol. The van der Waals surface area contributed by atoms with Crippen LogP contribution in [0.4, 0.5) is 14.9 Å². The number of pyridine rings is 1. The van der Waals surface area contributed by atoms with E-state index in [9.17, 15) is 9.18 Å². The third-order valence-corrected chi connectivity index (χ3v) is 2.93. The van der Waals surface area contributed by atoms with Gasteiger partial charge in [0.1, 0.15) is 5.82 Å². The number of hydrogen-bond acceptors (Lipinski definition) is 2. The summed E-state index contributed by atoms with van der Waals surface area (Å²) >= 11 is 0. The van der Waals surface area contributed by atoms with Crippen molar-refractivity contribution in [2.45, 2.75) is 19.9 Å². The molecule has 0 saturated carbocycles. The van der Waals surface area contributed by atoms with E-state index in [-0.39, 0.29) is 11.7 Å². The Morgan fingerprint density at radius 2 is 1.95 bits per heavy atom. The van der Waals surface area contributed by atoms with Gasteiger partial charge in [-0.3, -0.25) is 4.98 Å². The first-order chi connectivity index (χ1) is 9.56. The highest BCUT2D eigenvalue weighted by atomic mass is 19.1. The molecule has 0 unspecified atom stereocenters. The van der Waals surface area contributed by atoms with Crippen LogP contribution < -0.4 is 10.6 Å². The summed E-state index contributed by atoms with van der Waals surface area (Å²) in [6.45, 7) is 3.64. The van der Waals surface area contributed by atoms with Crippen molar-refractivity contribution in [2.24, 2.45) is 0 Å². The number of carbonyl (C=O) groups excluding carboxylic acids is 1. The molecule has 2 rings (SSSR count). The van der Waals surface area contributed by atoms with Crippen molar-refractivity contribution in [1.29, 1.82) is 0 Å². The molecule has 20 heavy (non-hydrogen) atoms. The van der Waals surface area contributed by atoms with Gasteiger partial charge in [0, 0.05) is 12.4 Å². The van der Waals surface area contributed by atoms with Crippen LogP contribution in [0, 0.1) is 12.7 Å². The summed E-state index contributed by atoms with van der Waals surface area (Å²) in [5, 5.41) is 5.24. The summed E-state index contributed by atoms with van der Waals surface area (Å²) in [6, 6.07) is 7.66. The molecular formula is C15H16FN3O. The van der Waals surface area contributed by atoms with Crippen molar-refractivity contribution in [1.82, 2.24) is 10.3 Å². The van der Waals surface area contributed by atoms with Crippen LogP contribution in [0.3, 0.4) is 0 Å². The van der Waals surface area contributed by atoms with Crippen molar-refractivity contribution in [3.8, 4) is 0 Å². The fourth-order valence-corrected chi connectivity index (χ4v) is 1.81. The number of amides is 2. The summed E-state index contributed by atoms with van der Waals surface area (Å²) < 4.78 is 13.6. The van der Waals surface area contributed by atoms with E-state index in [1.165, 1.54) is 6.07 Å². The van der Waals surface area contributed by atoms with Crippen LogP contribution in [0.15, 0.2) is 42.7 Å². The number of aromatic nitrogens is 1. The second-order valence-corrected chi connectivity index (χ2v) is 4.58. The largest absolute Gasteiger partial charge is 0.331 e. The van der Waals surface area contributed by atoms with Crippen LogP contribution in [0.25, 0.3) is 0 Å². The SMILES string of the molecule is Cc1ccc(NC(=O)N[C@@H](C)c2ccncc2)c(F)c1. The van der Waals surface area contributed by atoms with E-state index in [2.05, 4.69) is 15.6 Å². The predicted octanol–water partition coefficient (Wildman–Crippen LogP) is 3.41. The minimum absolute atomic E-state index is 0.162. The van der Waals surface area contributed by atoms with Gasteiger partial charge in [0.2, 0.25) is 0 Å². The van der Waals surface area contributed by atoms with E-state index >= 15 is 0 Å². The van der Waals surface area contributed by atoms with Gasteiger partial charge in [-0.2, -0.15) is 0 Å². The molecule has 104 valence electrons. The van der Waals surface area contributed by atoms with Gasteiger partial charge in [-0.15, -0.1) is 0 Å². The number of urea groups is 1. The fourth-order valence-electron chi connectivity index (χ4n) is 1.81. The van der Waals surface area contributed by atoms with E-state index in [4.69, 9.17) is 0 Å². The van der Waals surface area contributed by atoms with Crippen LogP contribution in [0.2, 0.25) is 0 Å². The highest BCUT2D eigenvalue weighted by Crippen LogP contribution is 2.16. The molecule has 2 aromatic rings. The Kier molecular flexibility index (Phi) is 4.30. The van der Waals surface area contributed by atoms with Gasteiger partial charge in [0.15, 0.2) is 0 Å². The lowest BCUT2D eigenvalue weighted by Crippen LogP contribution is -2.31.